The van der Waals surface area contributed by atoms with E-state index in [9.17, 15) is 0 Å². The molecule has 2 bridgehead atoms. The molecule has 0 radical (unpaired) electrons. The number of nitrogens with one attached hydrogen (secondary N) is 1. The summed E-state index contributed by atoms with van der Waals surface area (Å²) in [5.41, 5.74) is 1.58. The minimum atomic E-state index is 0.594. The molecule has 2 saturated heterocycles. The molecule has 1 N–H and O–H groups in total. The van der Waals surface area contributed by atoms with Crippen molar-refractivity contribution >= 4 is 23.1 Å². The molecular weight excluding hydrogens is 296 g/mol. The van der Waals surface area contributed by atoms with E-state index in [1.807, 2.05) is 11.3 Å². The van der Waals surface area contributed by atoms with Crippen molar-refractivity contribution < 1.29 is 0 Å². The van der Waals surface area contributed by atoms with Gasteiger partial charge in [0.25, 0.3) is 0 Å². The highest BCUT2D eigenvalue weighted by Gasteiger charge is 2.37. The van der Waals surface area contributed by atoms with Gasteiger partial charge < -0.3 is 10.2 Å². The van der Waals surface area contributed by atoms with E-state index in [1.54, 1.807) is 9.77 Å². The minimum absolute atomic E-state index is 0.594. The summed E-state index contributed by atoms with van der Waals surface area (Å²) < 4.78 is 1.55. The first kappa shape index (κ1) is 14.6. The lowest BCUT2D eigenvalue weighted by Crippen LogP contribution is -2.55. The van der Waals surface area contributed by atoms with E-state index < -0.39 is 0 Å². The van der Waals surface area contributed by atoms with Gasteiger partial charge in [-0.15, -0.1) is 23.1 Å². The topological polar surface area (TPSA) is 15.3 Å². The SMILES string of the molecule is C[C@H]1CC(NC2CC3CCCC(C2)N3C)c2ccsc2S1. The molecular formula is C17H26N2S2. The predicted molar refractivity (Wildman–Crippen MR) is 92.3 cm³/mol. The second-order valence-electron chi connectivity index (χ2n) is 7.12. The smallest absolute Gasteiger partial charge is 0.0649 e. The first-order valence-corrected chi connectivity index (χ1v) is 10.2. The highest BCUT2D eigenvalue weighted by molar-refractivity contribution is 8.01. The number of thioether (sulfide) groups is 1. The van der Waals surface area contributed by atoms with Gasteiger partial charge in [0.15, 0.2) is 0 Å². The summed E-state index contributed by atoms with van der Waals surface area (Å²) in [6.45, 7) is 2.38. The van der Waals surface area contributed by atoms with Crippen molar-refractivity contribution in [3.05, 3.63) is 17.0 Å². The molecule has 2 nitrogen and oxygen atoms in total. The third-order valence-corrected chi connectivity index (χ3v) is 8.03. The van der Waals surface area contributed by atoms with Crippen LogP contribution >= 0.6 is 23.1 Å². The molecule has 1 aromatic rings. The number of thiophene rings is 1. The van der Waals surface area contributed by atoms with Crippen LogP contribution in [0, 0.1) is 0 Å². The average Bonchev–Trinajstić information content (AvgIpc) is 2.88. The maximum absolute atomic E-state index is 4.05. The van der Waals surface area contributed by atoms with E-state index in [0.29, 0.717) is 6.04 Å². The van der Waals surface area contributed by atoms with Crippen LogP contribution in [0.1, 0.15) is 57.1 Å². The Bertz CT molecular complexity index is 487. The standard InChI is InChI=1S/C17H26N2S2/c1-11-8-16(15-6-7-20-17(15)21-11)18-12-9-13-4-3-5-14(10-12)19(13)2/h6-7,11-14,16,18H,3-5,8-10H2,1-2H3/t11-,12?,13?,14?,16?/m0/s1. The van der Waals surface area contributed by atoms with Crippen molar-refractivity contribution in [1.29, 1.82) is 0 Å². The molecule has 116 valence electrons. The number of hydrogen-bond donors (Lipinski definition) is 1. The number of fused-ring (bicyclic) bond motifs is 3. The molecule has 4 atom stereocenters. The fourth-order valence-electron chi connectivity index (χ4n) is 4.54. The van der Waals surface area contributed by atoms with E-state index in [1.165, 1.54) is 38.5 Å². The van der Waals surface area contributed by atoms with E-state index in [2.05, 4.69) is 47.4 Å². The molecule has 0 spiro atoms. The minimum Gasteiger partial charge on any atom is -0.307 e. The normalized spacial score (nSPS) is 40.0. The Morgan fingerprint density at radius 3 is 2.71 bits per heavy atom. The molecule has 0 aromatic carbocycles. The summed E-state index contributed by atoms with van der Waals surface area (Å²) in [7, 11) is 2.35. The van der Waals surface area contributed by atoms with Crippen molar-refractivity contribution in [3.63, 3.8) is 0 Å². The summed E-state index contributed by atoms with van der Waals surface area (Å²) in [6, 6.07) is 5.33. The van der Waals surface area contributed by atoms with Gasteiger partial charge in [0.1, 0.15) is 0 Å². The van der Waals surface area contributed by atoms with E-state index in [0.717, 1.165) is 23.4 Å². The Hall–Kier alpha value is -0.0300. The second kappa shape index (κ2) is 5.88. The van der Waals surface area contributed by atoms with Crippen LogP contribution in [0.4, 0.5) is 0 Å². The van der Waals surface area contributed by atoms with Gasteiger partial charge in [0, 0.05) is 29.4 Å². The Morgan fingerprint density at radius 2 is 1.95 bits per heavy atom. The molecule has 3 aliphatic rings. The summed E-state index contributed by atoms with van der Waals surface area (Å²) in [6.07, 6.45) is 8.25. The van der Waals surface area contributed by atoms with Crippen molar-refractivity contribution in [2.75, 3.05) is 7.05 Å². The Balaban J connectivity index is 1.47. The maximum atomic E-state index is 4.05. The lowest BCUT2D eigenvalue weighted by Gasteiger charge is -2.48. The van der Waals surface area contributed by atoms with Gasteiger partial charge in [-0.25, -0.2) is 0 Å². The van der Waals surface area contributed by atoms with Crippen LogP contribution in [0.25, 0.3) is 0 Å². The van der Waals surface area contributed by atoms with Gasteiger partial charge >= 0.3 is 0 Å². The van der Waals surface area contributed by atoms with Gasteiger partial charge in [-0.05, 0) is 56.2 Å². The third kappa shape index (κ3) is 2.80. The molecule has 3 aliphatic heterocycles. The third-order valence-electron chi connectivity index (χ3n) is 5.69. The van der Waals surface area contributed by atoms with Gasteiger partial charge in [0.05, 0.1) is 4.21 Å². The maximum Gasteiger partial charge on any atom is 0.0649 e. The van der Waals surface area contributed by atoms with Crippen LogP contribution < -0.4 is 5.32 Å². The van der Waals surface area contributed by atoms with Crippen LogP contribution in [-0.2, 0) is 0 Å². The van der Waals surface area contributed by atoms with Crippen LogP contribution in [0.3, 0.4) is 0 Å². The highest BCUT2D eigenvalue weighted by atomic mass is 32.2. The lowest BCUT2D eigenvalue weighted by molar-refractivity contribution is 0.0453. The fourth-order valence-corrected chi connectivity index (χ4v) is 7.11. The van der Waals surface area contributed by atoms with Crippen LogP contribution in [0.5, 0.6) is 0 Å². The zero-order chi connectivity index (χ0) is 14.4. The van der Waals surface area contributed by atoms with Crippen molar-refractivity contribution in [1.82, 2.24) is 10.2 Å². The molecule has 4 heterocycles. The summed E-state index contributed by atoms with van der Waals surface area (Å²) in [5.74, 6) is 0. The molecule has 4 rings (SSSR count). The molecule has 0 saturated carbocycles. The number of rotatable bonds is 2. The second-order valence-corrected chi connectivity index (χ2v) is 9.74. The van der Waals surface area contributed by atoms with Gasteiger partial charge in [-0.3, -0.25) is 0 Å². The van der Waals surface area contributed by atoms with E-state index in [4.69, 9.17) is 0 Å². The zero-order valence-electron chi connectivity index (χ0n) is 13.0. The van der Waals surface area contributed by atoms with E-state index >= 15 is 0 Å². The predicted octanol–water partition coefficient (Wildman–Crippen LogP) is 4.28. The first-order valence-electron chi connectivity index (χ1n) is 8.42. The summed E-state index contributed by atoms with van der Waals surface area (Å²) in [4.78, 5) is 2.66. The van der Waals surface area contributed by atoms with Gasteiger partial charge in [0.2, 0.25) is 0 Å². The Morgan fingerprint density at radius 1 is 1.19 bits per heavy atom. The van der Waals surface area contributed by atoms with Crippen LogP contribution in [0.15, 0.2) is 15.7 Å². The quantitative estimate of drug-likeness (QED) is 0.875. The van der Waals surface area contributed by atoms with Crippen LogP contribution in [0.2, 0.25) is 0 Å². The molecule has 1 aromatic heterocycles. The summed E-state index contributed by atoms with van der Waals surface area (Å²) >= 11 is 4.00. The lowest BCUT2D eigenvalue weighted by atomic mass is 9.82. The van der Waals surface area contributed by atoms with Crippen LogP contribution in [-0.4, -0.2) is 35.3 Å². The number of piperidine rings is 2. The zero-order valence-corrected chi connectivity index (χ0v) is 14.7. The molecule has 0 amide bonds. The Kier molecular flexibility index (Phi) is 4.07. The van der Waals surface area contributed by atoms with E-state index in [-0.39, 0.29) is 0 Å². The highest BCUT2D eigenvalue weighted by Crippen LogP contribution is 2.44. The molecule has 4 heteroatoms. The monoisotopic (exact) mass is 322 g/mol. The number of hydrogen-bond acceptors (Lipinski definition) is 4. The van der Waals surface area contributed by atoms with Gasteiger partial charge in [-0.2, -0.15) is 0 Å². The first-order chi connectivity index (χ1) is 10.2. The average molecular weight is 323 g/mol. The fraction of sp³-hybridized carbons (Fsp3) is 0.765. The molecule has 2 fully saturated rings. The number of nitrogens with zero attached hydrogens (tertiary/aromatic N) is 1. The Labute approximate surface area is 136 Å². The summed E-state index contributed by atoms with van der Waals surface area (Å²) in [5, 5.41) is 7.07. The molecule has 3 unspecified atom stereocenters. The van der Waals surface area contributed by atoms with Gasteiger partial charge in [-0.1, -0.05) is 13.3 Å². The molecule has 21 heavy (non-hydrogen) atoms. The van der Waals surface area contributed by atoms with Crippen molar-refractivity contribution in [3.8, 4) is 0 Å². The largest absolute Gasteiger partial charge is 0.307 e. The molecule has 0 aliphatic carbocycles. The van der Waals surface area contributed by atoms with Crippen molar-refractivity contribution in [2.24, 2.45) is 0 Å². The van der Waals surface area contributed by atoms with Crippen molar-refractivity contribution in [2.45, 2.75) is 79.1 Å².